The van der Waals surface area contributed by atoms with Crippen molar-refractivity contribution in [3.05, 3.63) is 0 Å². The number of carbonyl (C=O) groups is 1. The van der Waals surface area contributed by atoms with Gasteiger partial charge in [0.25, 0.3) is 0 Å². The normalized spacial score (nSPS) is 33.1. The summed E-state index contributed by atoms with van der Waals surface area (Å²) in [6.07, 6.45) is 4.97. The number of likely N-dealkylation sites (N-methyl/N-ethyl adjacent to an activating group) is 1. The highest BCUT2D eigenvalue weighted by Crippen LogP contribution is 2.29. The Morgan fingerprint density at radius 1 is 1.38 bits per heavy atom. The fourth-order valence-electron chi connectivity index (χ4n) is 3.05. The van der Waals surface area contributed by atoms with E-state index in [2.05, 4.69) is 17.1 Å². The minimum atomic E-state index is -0.118. The molecule has 2 aliphatic rings. The van der Waals surface area contributed by atoms with Crippen LogP contribution in [-0.4, -0.2) is 49.2 Å². The minimum absolute atomic E-state index is 0.118. The molecule has 2 fully saturated rings. The van der Waals surface area contributed by atoms with Crippen LogP contribution in [0.2, 0.25) is 0 Å². The molecule has 2 aliphatic heterocycles. The Morgan fingerprint density at radius 2 is 2.00 bits per heavy atom. The fourth-order valence-corrected chi connectivity index (χ4v) is 3.05. The van der Waals surface area contributed by atoms with Crippen molar-refractivity contribution in [1.29, 1.82) is 0 Å². The van der Waals surface area contributed by atoms with E-state index in [9.17, 15) is 4.79 Å². The number of rotatable bonds is 4. The van der Waals surface area contributed by atoms with E-state index in [0.29, 0.717) is 24.7 Å². The zero-order valence-electron chi connectivity index (χ0n) is 10.2. The Bertz CT molecular complexity index is 245. The van der Waals surface area contributed by atoms with Gasteiger partial charge in [-0.3, -0.25) is 9.69 Å². The van der Waals surface area contributed by atoms with Gasteiger partial charge in [-0.05, 0) is 32.2 Å². The van der Waals surface area contributed by atoms with Gasteiger partial charge in [-0.2, -0.15) is 0 Å². The average molecular weight is 226 g/mol. The molecule has 2 saturated heterocycles. The van der Waals surface area contributed by atoms with Gasteiger partial charge in [0.2, 0.25) is 0 Å². The zero-order valence-corrected chi connectivity index (χ0v) is 10.2. The van der Waals surface area contributed by atoms with Gasteiger partial charge in [0.15, 0.2) is 0 Å². The summed E-state index contributed by atoms with van der Waals surface area (Å²) in [7, 11) is 1.46. The molecule has 2 unspecified atom stereocenters. The van der Waals surface area contributed by atoms with Crippen molar-refractivity contribution in [2.24, 2.45) is 0 Å². The molecule has 1 N–H and O–H groups in total. The zero-order chi connectivity index (χ0) is 11.5. The summed E-state index contributed by atoms with van der Waals surface area (Å²) in [6.45, 7) is 3.49. The summed E-state index contributed by atoms with van der Waals surface area (Å²) in [5, 5.41) is 3.62. The molecule has 0 radical (unpaired) electrons. The van der Waals surface area contributed by atoms with Crippen molar-refractivity contribution in [3.8, 4) is 0 Å². The quantitative estimate of drug-likeness (QED) is 0.719. The smallest absolute Gasteiger partial charge is 0.319 e. The van der Waals surface area contributed by atoms with Gasteiger partial charge < -0.3 is 10.1 Å². The maximum Gasteiger partial charge on any atom is 0.319 e. The molecule has 2 heterocycles. The van der Waals surface area contributed by atoms with E-state index in [1.54, 1.807) is 0 Å². The number of piperidine rings is 1. The Labute approximate surface area is 97.3 Å². The molecule has 0 aromatic carbocycles. The maximum atomic E-state index is 11.3. The molecule has 2 atom stereocenters. The summed E-state index contributed by atoms with van der Waals surface area (Å²) < 4.78 is 4.75. The first-order chi connectivity index (χ1) is 7.72. The highest BCUT2D eigenvalue weighted by atomic mass is 16.5. The van der Waals surface area contributed by atoms with Crippen LogP contribution in [0.25, 0.3) is 0 Å². The largest absolute Gasteiger partial charge is 0.468 e. The first-order valence-corrected chi connectivity index (χ1v) is 6.29. The van der Waals surface area contributed by atoms with E-state index in [-0.39, 0.29) is 5.97 Å². The van der Waals surface area contributed by atoms with E-state index in [1.807, 2.05) is 0 Å². The van der Waals surface area contributed by atoms with Gasteiger partial charge >= 0.3 is 5.97 Å². The molecule has 0 saturated carbocycles. The van der Waals surface area contributed by atoms with Crippen LogP contribution >= 0.6 is 0 Å². The van der Waals surface area contributed by atoms with Gasteiger partial charge in [0, 0.05) is 18.1 Å². The maximum absolute atomic E-state index is 11.3. The fraction of sp³-hybridized carbons (Fsp3) is 0.917. The van der Waals surface area contributed by atoms with Crippen LogP contribution in [0.15, 0.2) is 0 Å². The van der Waals surface area contributed by atoms with E-state index in [0.717, 1.165) is 6.54 Å². The average Bonchev–Trinajstić information content (AvgIpc) is 2.64. The van der Waals surface area contributed by atoms with Gasteiger partial charge in [-0.15, -0.1) is 0 Å². The molecule has 0 spiro atoms. The Hall–Kier alpha value is -0.610. The molecule has 92 valence electrons. The Morgan fingerprint density at radius 3 is 2.50 bits per heavy atom. The third-order valence-electron chi connectivity index (χ3n) is 3.93. The van der Waals surface area contributed by atoms with E-state index in [1.165, 1.54) is 32.8 Å². The number of esters is 1. The summed E-state index contributed by atoms with van der Waals surface area (Å²) in [4.78, 5) is 13.6. The number of nitrogens with one attached hydrogen (secondary N) is 1. The first kappa shape index (κ1) is 11.9. The second-order valence-electron chi connectivity index (χ2n) is 4.90. The SMILES string of the molecule is CCN(CC(=O)OC)C1CC2CCC(C1)N2. The molecule has 2 bridgehead atoms. The van der Waals surface area contributed by atoms with E-state index < -0.39 is 0 Å². The molecule has 0 aromatic heterocycles. The van der Waals surface area contributed by atoms with Crippen molar-refractivity contribution in [2.75, 3.05) is 20.2 Å². The van der Waals surface area contributed by atoms with Crippen molar-refractivity contribution in [3.63, 3.8) is 0 Å². The summed E-state index contributed by atoms with van der Waals surface area (Å²) in [5.74, 6) is -0.118. The third-order valence-corrected chi connectivity index (χ3v) is 3.93. The molecular formula is C12H22N2O2. The second kappa shape index (κ2) is 5.15. The Kier molecular flexibility index (Phi) is 3.82. The van der Waals surface area contributed by atoms with Gasteiger partial charge in [0.05, 0.1) is 13.7 Å². The van der Waals surface area contributed by atoms with Crippen LogP contribution in [0.5, 0.6) is 0 Å². The number of fused-ring (bicyclic) bond motifs is 2. The first-order valence-electron chi connectivity index (χ1n) is 6.29. The van der Waals surface area contributed by atoms with Gasteiger partial charge in [-0.25, -0.2) is 0 Å². The lowest BCUT2D eigenvalue weighted by atomic mass is 9.98. The predicted molar refractivity (Wildman–Crippen MR) is 62.2 cm³/mol. The molecule has 4 heteroatoms. The van der Waals surface area contributed by atoms with Gasteiger partial charge in [0.1, 0.15) is 0 Å². The number of nitrogens with zero attached hydrogens (tertiary/aromatic N) is 1. The van der Waals surface area contributed by atoms with E-state index >= 15 is 0 Å². The van der Waals surface area contributed by atoms with Crippen LogP contribution in [-0.2, 0) is 9.53 Å². The monoisotopic (exact) mass is 226 g/mol. The molecule has 2 rings (SSSR count). The lowest BCUT2D eigenvalue weighted by molar-refractivity contribution is -0.142. The third kappa shape index (κ3) is 2.55. The van der Waals surface area contributed by atoms with Crippen molar-refractivity contribution < 1.29 is 9.53 Å². The lowest BCUT2D eigenvalue weighted by Crippen LogP contribution is -2.49. The highest BCUT2D eigenvalue weighted by Gasteiger charge is 2.36. The van der Waals surface area contributed by atoms with Crippen molar-refractivity contribution >= 4 is 5.97 Å². The van der Waals surface area contributed by atoms with Crippen LogP contribution < -0.4 is 5.32 Å². The summed E-state index contributed by atoms with van der Waals surface area (Å²) in [5.41, 5.74) is 0. The number of hydrogen-bond donors (Lipinski definition) is 1. The van der Waals surface area contributed by atoms with Gasteiger partial charge in [-0.1, -0.05) is 6.92 Å². The van der Waals surface area contributed by atoms with Crippen molar-refractivity contribution in [2.45, 2.75) is 50.7 Å². The molecule has 4 nitrogen and oxygen atoms in total. The van der Waals surface area contributed by atoms with Crippen LogP contribution in [0.4, 0.5) is 0 Å². The van der Waals surface area contributed by atoms with E-state index in [4.69, 9.17) is 4.74 Å². The predicted octanol–water partition coefficient (Wildman–Crippen LogP) is 0.764. The minimum Gasteiger partial charge on any atom is -0.468 e. The number of hydrogen-bond acceptors (Lipinski definition) is 4. The van der Waals surface area contributed by atoms with Crippen LogP contribution in [0, 0.1) is 0 Å². The lowest BCUT2D eigenvalue weighted by Gasteiger charge is -2.36. The standard InChI is InChI=1S/C12H22N2O2/c1-3-14(8-12(15)16-2)11-6-9-4-5-10(7-11)13-9/h9-11,13H,3-8H2,1-2H3. The summed E-state index contributed by atoms with van der Waals surface area (Å²) >= 11 is 0. The topological polar surface area (TPSA) is 41.6 Å². The summed E-state index contributed by atoms with van der Waals surface area (Å²) in [6, 6.07) is 1.91. The van der Waals surface area contributed by atoms with Crippen molar-refractivity contribution in [1.82, 2.24) is 10.2 Å². The number of methoxy groups -OCH3 is 1. The number of ether oxygens (including phenoxy) is 1. The molecule has 0 aromatic rings. The molecule has 16 heavy (non-hydrogen) atoms. The molecular weight excluding hydrogens is 204 g/mol. The number of carbonyl (C=O) groups excluding carboxylic acids is 1. The van der Waals surface area contributed by atoms with Crippen LogP contribution in [0.3, 0.4) is 0 Å². The Balaban J connectivity index is 1.91. The molecule has 0 amide bonds. The van der Waals surface area contributed by atoms with Crippen LogP contribution in [0.1, 0.15) is 32.6 Å². The molecule has 0 aliphatic carbocycles. The highest BCUT2D eigenvalue weighted by molar-refractivity contribution is 5.71. The second-order valence-corrected chi connectivity index (χ2v) is 4.90.